The van der Waals surface area contributed by atoms with E-state index in [9.17, 15) is 4.79 Å². The van der Waals surface area contributed by atoms with Crippen molar-refractivity contribution >= 4 is 11.6 Å². The van der Waals surface area contributed by atoms with Gasteiger partial charge in [0, 0.05) is 24.3 Å². The molecule has 2 aromatic carbocycles. The Hall–Kier alpha value is -2.33. The van der Waals surface area contributed by atoms with Gasteiger partial charge in [0.05, 0.1) is 6.61 Å². The van der Waals surface area contributed by atoms with Crippen LogP contribution >= 0.6 is 0 Å². The van der Waals surface area contributed by atoms with Crippen LogP contribution in [0.5, 0.6) is 0 Å². The highest BCUT2D eigenvalue weighted by atomic mass is 16.3. The smallest absolute Gasteiger partial charge is 0.251 e. The second kappa shape index (κ2) is 7.61. The first-order valence-electron chi connectivity index (χ1n) is 7.39. The van der Waals surface area contributed by atoms with Gasteiger partial charge in [-0.2, -0.15) is 0 Å². The number of aliphatic hydroxyl groups is 1. The predicted molar refractivity (Wildman–Crippen MR) is 89.1 cm³/mol. The summed E-state index contributed by atoms with van der Waals surface area (Å²) >= 11 is 0. The van der Waals surface area contributed by atoms with Gasteiger partial charge in [0.1, 0.15) is 0 Å². The van der Waals surface area contributed by atoms with Gasteiger partial charge in [0.25, 0.3) is 5.91 Å². The fourth-order valence-corrected chi connectivity index (χ4v) is 2.28. The zero-order valence-electron chi connectivity index (χ0n) is 13.0. The van der Waals surface area contributed by atoms with Crippen molar-refractivity contribution in [3.05, 3.63) is 64.7 Å². The van der Waals surface area contributed by atoms with E-state index in [4.69, 9.17) is 5.11 Å². The van der Waals surface area contributed by atoms with E-state index in [0.29, 0.717) is 12.1 Å². The van der Waals surface area contributed by atoms with Gasteiger partial charge in [0.2, 0.25) is 0 Å². The summed E-state index contributed by atoms with van der Waals surface area (Å²) in [5.74, 6) is -0.177. The second-order valence-corrected chi connectivity index (χ2v) is 5.34. The number of hydrogen-bond acceptors (Lipinski definition) is 3. The zero-order valence-corrected chi connectivity index (χ0v) is 13.0. The molecule has 0 aromatic heterocycles. The highest BCUT2D eigenvalue weighted by Gasteiger charge is 2.05. The maximum Gasteiger partial charge on any atom is 0.251 e. The molecule has 0 radical (unpaired) electrons. The van der Waals surface area contributed by atoms with Gasteiger partial charge in [-0.3, -0.25) is 4.79 Å². The molecule has 0 saturated heterocycles. The number of aliphatic hydroxyl groups excluding tert-OH is 1. The largest absolute Gasteiger partial charge is 0.395 e. The van der Waals surface area contributed by atoms with Crippen LogP contribution in [0.1, 0.15) is 27.0 Å². The predicted octanol–water partition coefficient (Wildman–Crippen LogP) is 2.64. The molecule has 0 fully saturated rings. The van der Waals surface area contributed by atoms with E-state index < -0.39 is 0 Å². The van der Waals surface area contributed by atoms with Crippen LogP contribution in [0.2, 0.25) is 0 Å². The lowest BCUT2D eigenvalue weighted by Gasteiger charge is -2.11. The molecule has 0 heterocycles. The minimum absolute atomic E-state index is 0.0591. The fraction of sp³-hybridized carbons (Fsp3) is 0.278. The van der Waals surface area contributed by atoms with Crippen LogP contribution in [-0.2, 0) is 6.54 Å². The summed E-state index contributed by atoms with van der Waals surface area (Å²) in [6.07, 6.45) is 0. The van der Waals surface area contributed by atoms with Crippen molar-refractivity contribution in [2.24, 2.45) is 0 Å². The Labute approximate surface area is 131 Å². The number of nitrogens with one attached hydrogen (secondary N) is 2. The number of aryl methyl sites for hydroxylation is 2. The SMILES string of the molecule is Cc1ccc(CNc2cccc(C(=O)NCCO)c2)c(C)c1. The summed E-state index contributed by atoms with van der Waals surface area (Å²) in [7, 11) is 0. The third kappa shape index (κ3) is 4.33. The standard InChI is InChI=1S/C18H22N2O2/c1-13-6-7-16(14(2)10-13)12-20-17-5-3-4-15(11-17)18(22)19-8-9-21/h3-7,10-11,20-21H,8-9,12H2,1-2H3,(H,19,22). The molecule has 0 saturated carbocycles. The van der Waals surface area contributed by atoms with Crippen molar-refractivity contribution in [3.63, 3.8) is 0 Å². The first-order valence-corrected chi connectivity index (χ1v) is 7.39. The summed E-state index contributed by atoms with van der Waals surface area (Å²) in [6.45, 7) is 5.10. The maximum absolute atomic E-state index is 11.9. The van der Waals surface area contributed by atoms with E-state index in [-0.39, 0.29) is 19.1 Å². The molecule has 4 nitrogen and oxygen atoms in total. The first-order chi connectivity index (χ1) is 10.6. The molecule has 0 spiro atoms. The number of hydrogen-bond donors (Lipinski definition) is 3. The molecule has 0 aliphatic rings. The van der Waals surface area contributed by atoms with Crippen molar-refractivity contribution < 1.29 is 9.90 Å². The maximum atomic E-state index is 11.9. The minimum Gasteiger partial charge on any atom is -0.395 e. The quantitative estimate of drug-likeness (QED) is 0.768. The molecule has 0 aliphatic carbocycles. The molecule has 4 heteroatoms. The Bertz CT molecular complexity index is 653. The molecule has 2 aromatic rings. The van der Waals surface area contributed by atoms with Gasteiger partial charge in [0.15, 0.2) is 0 Å². The third-order valence-corrected chi connectivity index (χ3v) is 3.50. The second-order valence-electron chi connectivity index (χ2n) is 5.34. The van der Waals surface area contributed by atoms with E-state index in [1.165, 1.54) is 16.7 Å². The van der Waals surface area contributed by atoms with E-state index >= 15 is 0 Å². The van der Waals surface area contributed by atoms with Gasteiger partial charge < -0.3 is 15.7 Å². The normalized spacial score (nSPS) is 10.3. The monoisotopic (exact) mass is 298 g/mol. The van der Waals surface area contributed by atoms with Gasteiger partial charge in [-0.25, -0.2) is 0 Å². The lowest BCUT2D eigenvalue weighted by molar-refractivity contribution is 0.0945. The van der Waals surface area contributed by atoms with E-state index in [0.717, 1.165) is 5.69 Å². The first kappa shape index (κ1) is 16.0. The summed E-state index contributed by atoms with van der Waals surface area (Å²) in [4.78, 5) is 11.9. The highest BCUT2D eigenvalue weighted by molar-refractivity contribution is 5.95. The Morgan fingerprint density at radius 2 is 1.95 bits per heavy atom. The summed E-state index contributed by atoms with van der Waals surface area (Å²) in [5, 5.41) is 14.7. The third-order valence-electron chi connectivity index (χ3n) is 3.50. The molecule has 0 bridgehead atoms. The highest BCUT2D eigenvalue weighted by Crippen LogP contribution is 2.15. The van der Waals surface area contributed by atoms with Gasteiger partial charge in [-0.15, -0.1) is 0 Å². The molecular formula is C18H22N2O2. The molecular weight excluding hydrogens is 276 g/mol. The molecule has 0 atom stereocenters. The molecule has 2 rings (SSSR count). The van der Waals surface area contributed by atoms with Crippen molar-refractivity contribution in [3.8, 4) is 0 Å². The van der Waals surface area contributed by atoms with Crippen LogP contribution < -0.4 is 10.6 Å². The molecule has 0 aliphatic heterocycles. The van der Waals surface area contributed by atoms with Crippen LogP contribution in [0, 0.1) is 13.8 Å². The van der Waals surface area contributed by atoms with E-state index in [2.05, 4.69) is 42.7 Å². The molecule has 116 valence electrons. The van der Waals surface area contributed by atoms with Gasteiger partial charge >= 0.3 is 0 Å². The average Bonchev–Trinajstić information content (AvgIpc) is 2.52. The van der Waals surface area contributed by atoms with Crippen molar-refractivity contribution in [2.45, 2.75) is 20.4 Å². The zero-order chi connectivity index (χ0) is 15.9. The number of benzene rings is 2. The number of amides is 1. The van der Waals surface area contributed by atoms with Crippen molar-refractivity contribution in [2.75, 3.05) is 18.5 Å². The lowest BCUT2D eigenvalue weighted by Crippen LogP contribution is -2.26. The Kier molecular flexibility index (Phi) is 5.55. The van der Waals surface area contributed by atoms with Crippen molar-refractivity contribution in [1.29, 1.82) is 0 Å². The van der Waals surface area contributed by atoms with Crippen molar-refractivity contribution in [1.82, 2.24) is 5.32 Å². The fourth-order valence-electron chi connectivity index (χ4n) is 2.28. The van der Waals surface area contributed by atoms with Crippen LogP contribution in [0.15, 0.2) is 42.5 Å². The summed E-state index contributed by atoms with van der Waals surface area (Å²) in [5.41, 5.74) is 5.23. The molecule has 3 N–H and O–H groups in total. The van der Waals surface area contributed by atoms with Crippen LogP contribution in [-0.4, -0.2) is 24.2 Å². The summed E-state index contributed by atoms with van der Waals surface area (Å²) in [6, 6.07) is 13.7. The Morgan fingerprint density at radius 1 is 1.14 bits per heavy atom. The van der Waals surface area contributed by atoms with Crippen LogP contribution in [0.4, 0.5) is 5.69 Å². The number of carbonyl (C=O) groups excluding carboxylic acids is 1. The minimum atomic E-state index is -0.177. The van der Waals surface area contributed by atoms with Crippen LogP contribution in [0.3, 0.4) is 0 Å². The Balaban J connectivity index is 2.02. The topological polar surface area (TPSA) is 61.4 Å². The lowest BCUT2D eigenvalue weighted by atomic mass is 10.1. The van der Waals surface area contributed by atoms with Crippen LogP contribution in [0.25, 0.3) is 0 Å². The number of anilines is 1. The van der Waals surface area contributed by atoms with E-state index in [1.54, 1.807) is 6.07 Å². The molecule has 1 amide bonds. The van der Waals surface area contributed by atoms with Gasteiger partial charge in [-0.1, -0.05) is 29.8 Å². The van der Waals surface area contributed by atoms with E-state index in [1.807, 2.05) is 18.2 Å². The Morgan fingerprint density at radius 3 is 2.68 bits per heavy atom. The average molecular weight is 298 g/mol. The number of rotatable bonds is 6. The van der Waals surface area contributed by atoms with Gasteiger partial charge in [-0.05, 0) is 43.2 Å². The summed E-state index contributed by atoms with van der Waals surface area (Å²) < 4.78 is 0. The number of carbonyl (C=O) groups is 1. The molecule has 22 heavy (non-hydrogen) atoms. The molecule has 0 unspecified atom stereocenters.